The van der Waals surface area contributed by atoms with Crippen LogP contribution in [-0.4, -0.2) is 44.4 Å². The highest BCUT2D eigenvalue weighted by Gasteiger charge is 2.37. The summed E-state index contributed by atoms with van der Waals surface area (Å²) >= 11 is 4.94. The van der Waals surface area contributed by atoms with Gasteiger partial charge in [-0.25, -0.2) is 8.42 Å². The fraction of sp³-hybridized carbons (Fsp3) is 0.318. The lowest BCUT2D eigenvalue weighted by molar-refractivity contribution is -0.120. The Morgan fingerprint density at radius 2 is 1.90 bits per heavy atom. The van der Waals surface area contributed by atoms with E-state index in [4.69, 9.17) is 4.74 Å². The quantitative estimate of drug-likeness (QED) is 0.477. The number of benzene rings is 2. The molecule has 2 aliphatic heterocycles. The van der Waals surface area contributed by atoms with Gasteiger partial charge in [-0.2, -0.15) is 4.31 Å². The summed E-state index contributed by atoms with van der Waals surface area (Å²) in [6, 6.07) is 13.6. The van der Waals surface area contributed by atoms with Gasteiger partial charge >= 0.3 is 0 Å². The Morgan fingerprint density at radius 3 is 2.68 bits per heavy atom. The van der Waals surface area contributed by atoms with E-state index in [1.807, 2.05) is 47.4 Å². The molecule has 162 valence electrons. The lowest BCUT2D eigenvalue weighted by Gasteiger charge is -2.44. The van der Waals surface area contributed by atoms with Crippen molar-refractivity contribution in [2.75, 3.05) is 18.0 Å². The van der Waals surface area contributed by atoms with Crippen molar-refractivity contribution in [3.63, 3.8) is 0 Å². The number of thiophene rings is 1. The Bertz CT molecular complexity index is 1240. The largest absolute Gasteiger partial charge is 0.346 e. The van der Waals surface area contributed by atoms with Gasteiger partial charge in [0.1, 0.15) is 4.90 Å². The van der Waals surface area contributed by atoms with Crippen molar-refractivity contribution in [1.82, 2.24) is 4.31 Å². The second-order valence-corrected chi connectivity index (χ2v) is 11.5. The molecule has 1 atom stereocenters. The molecule has 6 nitrogen and oxygen atoms in total. The van der Waals surface area contributed by atoms with E-state index in [9.17, 15) is 13.2 Å². The summed E-state index contributed by atoms with van der Waals surface area (Å²) < 4.78 is 36.0. The maximum absolute atomic E-state index is 13.3. The van der Waals surface area contributed by atoms with Gasteiger partial charge in [-0.15, -0.1) is 11.3 Å². The smallest absolute Gasteiger partial charge is 0.244 e. The molecule has 1 aromatic heterocycles. The Balaban J connectivity index is 1.38. The van der Waals surface area contributed by atoms with E-state index in [0.29, 0.717) is 37.4 Å². The van der Waals surface area contributed by atoms with Gasteiger partial charge in [0.2, 0.25) is 10.0 Å². The zero-order valence-electron chi connectivity index (χ0n) is 16.6. The summed E-state index contributed by atoms with van der Waals surface area (Å²) in [6.45, 7) is 1.20. The number of rotatable bonds is 4. The molecule has 2 aliphatic rings. The first-order chi connectivity index (χ1) is 15.0. The molecular weight excluding hydrogens is 500 g/mol. The molecule has 5 rings (SSSR count). The van der Waals surface area contributed by atoms with Gasteiger partial charge in [0.25, 0.3) is 0 Å². The molecule has 3 aromatic rings. The van der Waals surface area contributed by atoms with Crippen LogP contribution in [0.3, 0.4) is 0 Å². The molecule has 0 bridgehead atoms. The summed E-state index contributed by atoms with van der Waals surface area (Å²) in [5.41, 5.74) is 2.00. The topological polar surface area (TPSA) is 66.9 Å². The van der Waals surface area contributed by atoms with Crippen LogP contribution in [0.5, 0.6) is 0 Å². The highest BCUT2D eigenvalue weighted by Crippen LogP contribution is 2.37. The van der Waals surface area contributed by atoms with E-state index in [1.54, 1.807) is 9.69 Å². The number of carbonyl (C=O) groups excluding carboxylic acids is 1. The third kappa shape index (κ3) is 3.72. The van der Waals surface area contributed by atoms with Crippen LogP contribution in [-0.2, 0) is 26.2 Å². The predicted octanol–water partition coefficient (Wildman–Crippen LogP) is 4.38. The summed E-state index contributed by atoms with van der Waals surface area (Å²) in [7, 11) is -3.57. The van der Waals surface area contributed by atoms with Crippen LogP contribution in [0, 0.1) is 0 Å². The molecule has 1 saturated heterocycles. The first-order valence-electron chi connectivity index (χ1n) is 10.1. The van der Waals surface area contributed by atoms with Gasteiger partial charge in [-0.3, -0.25) is 4.79 Å². The molecule has 1 fully saturated rings. The third-order valence-corrected chi connectivity index (χ3v) is 9.54. The number of ether oxygens (including phenoxy) is 1. The molecule has 0 amide bonds. The third-order valence-electron chi connectivity index (χ3n) is 6.00. The van der Waals surface area contributed by atoms with Gasteiger partial charge < -0.3 is 9.64 Å². The summed E-state index contributed by atoms with van der Waals surface area (Å²) in [4.78, 5) is 14.1. The minimum Gasteiger partial charge on any atom is -0.346 e. The van der Waals surface area contributed by atoms with E-state index < -0.39 is 16.3 Å². The average Bonchev–Trinajstić information content (AvgIpc) is 3.23. The number of anilines is 1. The number of hydrogen-bond donors (Lipinski definition) is 0. The van der Waals surface area contributed by atoms with Crippen LogP contribution < -0.4 is 4.90 Å². The molecule has 0 N–H and O–H groups in total. The highest BCUT2D eigenvalue weighted by atomic mass is 79.9. The molecule has 1 unspecified atom stereocenters. The Hall–Kier alpha value is -1.78. The molecule has 9 heteroatoms. The summed E-state index contributed by atoms with van der Waals surface area (Å²) in [6.07, 6.45) is 1.43. The normalized spacial score (nSPS) is 20.7. The van der Waals surface area contributed by atoms with Crippen molar-refractivity contribution in [3.8, 4) is 0 Å². The fourth-order valence-electron chi connectivity index (χ4n) is 4.48. The number of halogens is 1. The van der Waals surface area contributed by atoms with E-state index in [2.05, 4.69) is 15.9 Å². The average molecular weight is 521 g/mol. The predicted molar refractivity (Wildman–Crippen MR) is 125 cm³/mol. The Kier molecular flexibility index (Phi) is 5.64. The second kappa shape index (κ2) is 8.29. The van der Waals surface area contributed by atoms with Crippen LogP contribution in [0.1, 0.15) is 18.4 Å². The van der Waals surface area contributed by atoms with E-state index in [1.165, 1.54) is 11.3 Å². The molecular formula is C22H21BrN2O4S2. The SMILES string of the molecule is O=CC1OCc2cc(Br)ccc2N1C1CCN(S(=O)(=O)c2csc3ccccc23)CC1. The van der Waals surface area contributed by atoms with E-state index >= 15 is 0 Å². The number of carbonyl (C=O) groups is 1. The van der Waals surface area contributed by atoms with Gasteiger partial charge in [0.05, 0.1) is 6.61 Å². The van der Waals surface area contributed by atoms with Crippen LogP contribution in [0.15, 0.2) is 57.2 Å². The molecule has 31 heavy (non-hydrogen) atoms. The van der Waals surface area contributed by atoms with Gasteiger partial charge in [-0.1, -0.05) is 34.1 Å². The van der Waals surface area contributed by atoms with Crippen LogP contribution in [0.2, 0.25) is 0 Å². The van der Waals surface area contributed by atoms with Crippen molar-refractivity contribution < 1.29 is 17.9 Å². The van der Waals surface area contributed by atoms with Crippen LogP contribution in [0.4, 0.5) is 5.69 Å². The van der Waals surface area contributed by atoms with Gasteiger partial charge in [0.15, 0.2) is 12.5 Å². The lowest BCUT2D eigenvalue weighted by atomic mass is 10.0. The van der Waals surface area contributed by atoms with Crippen LogP contribution >= 0.6 is 27.3 Å². The first-order valence-corrected chi connectivity index (χ1v) is 13.2. The van der Waals surface area contributed by atoms with Crippen molar-refractivity contribution in [2.24, 2.45) is 0 Å². The first kappa shape index (κ1) is 21.1. The molecule has 3 heterocycles. The number of nitrogens with zero attached hydrogens (tertiary/aromatic N) is 2. The molecule has 0 radical (unpaired) electrons. The van der Waals surface area contributed by atoms with Crippen LogP contribution in [0.25, 0.3) is 10.1 Å². The van der Waals surface area contributed by atoms with Crippen molar-refractivity contribution in [1.29, 1.82) is 0 Å². The second-order valence-electron chi connectivity index (χ2n) is 7.75. The Morgan fingerprint density at radius 1 is 1.13 bits per heavy atom. The highest BCUT2D eigenvalue weighted by molar-refractivity contribution is 9.10. The van der Waals surface area contributed by atoms with Gasteiger partial charge in [-0.05, 0) is 37.1 Å². The summed E-state index contributed by atoms with van der Waals surface area (Å²) in [5.74, 6) is 0. The zero-order chi connectivity index (χ0) is 21.6. The number of aldehydes is 1. The fourth-order valence-corrected chi connectivity index (χ4v) is 7.83. The lowest BCUT2D eigenvalue weighted by Crippen LogP contribution is -2.53. The maximum Gasteiger partial charge on any atom is 0.244 e. The van der Waals surface area contributed by atoms with Crippen molar-refractivity contribution in [3.05, 3.63) is 57.9 Å². The standard InChI is InChI=1S/C22H21BrN2O4S2/c23-16-5-6-19-15(11-16)13-29-22(12-26)25(19)17-7-9-24(10-8-17)31(27,28)21-14-30-20-4-2-1-3-18(20)21/h1-6,11-12,14,17,22H,7-10,13H2. The van der Waals surface area contributed by atoms with Crippen molar-refractivity contribution >= 4 is 59.3 Å². The minimum atomic E-state index is -3.57. The molecule has 0 spiro atoms. The number of fused-ring (bicyclic) bond motifs is 2. The van der Waals surface area contributed by atoms with Crippen molar-refractivity contribution in [2.45, 2.75) is 36.6 Å². The monoisotopic (exact) mass is 520 g/mol. The summed E-state index contributed by atoms with van der Waals surface area (Å²) in [5, 5.41) is 2.51. The maximum atomic E-state index is 13.3. The zero-order valence-corrected chi connectivity index (χ0v) is 19.8. The molecule has 2 aromatic carbocycles. The number of sulfonamides is 1. The van der Waals surface area contributed by atoms with E-state index in [0.717, 1.165) is 32.1 Å². The minimum absolute atomic E-state index is 0.0288. The number of piperidine rings is 1. The number of hydrogen-bond acceptors (Lipinski definition) is 6. The van der Waals surface area contributed by atoms with E-state index in [-0.39, 0.29) is 6.04 Å². The molecule has 0 aliphatic carbocycles. The molecule has 0 saturated carbocycles. The van der Waals surface area contributed by atoms with Gasteiger partial charge in [0, 0.05) is 50.3 Å². The Labute approximate surface area is 193 Å².